The number of aliphatic hydroxyl groups is 1. The maximum absolute atomic E-state index is 10.4. The SMILES string of the molecule is COc1ccc(-c2oc3c(c2-c2cnc(OC)nc2)C(O)CC3)cc1. The summed E-state index contributed by atoms with van der Waals surface area (Å²) < 4.78 is 16.4. The lowest BCUT2D eigenvalue weighted by Gasteiger charge is -2.09. The monoisotopic (exact) mass is 338 g/mol. The Kier molecular flexibility index (Phi) is 3.89. The van der Waals surface area contributed by atoms with Crippen molar-refractivity contribution >= 4 is 0 Å². The van der Waals surface area contributed by atoms with Crippen LogP contribution >= 0.6 is 0 Å². The van der Waals surface area contributed by atoms with Gasteiger partial charge in [0.1, 0.15) is 17.3 Å². The molecule has 128 valence electrons. The molecule has 2 heterocycles. The molecule has 1 N–H and O–H groups in total. The molecule has 4 rings (SSSR count). The van der Waals surface area contributed by atoms with Crippen LogP contribution in [0.2, 0.25) is 0 Å². The van der Waals surface area contributed by atoms with Crippen molar-refractivity contribution in [2.45, 2.75) is 18.9 Å². The highest BCUT2D eigenvalue weighted by Crippen LogP contribution is 2.46. The largest absolute Gasteiger partial charge is 0.497 e. The minimum Gasteiger partial charge on any atom is -0.497 e. The summed E-state index contributed by atoms with van der Waals surface area (Å²) in [5.41, 5.74) is 3.37. The second kappa shape index (κ2) is 6.22. The van der Waals surface area contributed by atoms with Crippen LogP contribution < -0.4 is 9.47 Å². The number of aryl methyl sites for hydroxylation is 1. The van der Waals surface area contributed by atoms with E-state index in [-0.39, 0.29) is 0 Å². The van der Waals surface area contributed by atoms with E-state index < -0.39 is 6.10 Å². The molecule has 25 heavy (non-hydrogen) atoms. The molecule has 0 fully saturated rings. The minimum atomic E-state index is -0.539. The van der Waals surface area contributed by atoms with Crippen LogP contribution in [0.25, 0.3) is 22.5 Å². The number of rotatable bonds is 4. The van der Waals surface area contributed by atoms with Crippen LogP contribution in [0.4, 0.5) is 0 Å². The van der Waals surface area contributed by atoms with Gasteiger partial charge < -0.3 is 19.0 Å². The summed E-state index contributed by atoms with van der Waals surface area (Å²) >= 11 is 0. The quantitative estimate of drug-likeness (QED) is 0.785. The Labute approximate surface area is 145 Å². The van der Waals surface area contributed by atoms with E-state index in [2.05, 4.69) is 9.97 Å². The summed E-state index contributed by atoms with van der Waals surface area (Å²) in [7, 11) is 3.16. The molecule has 1 atom stereocenters. The molecule has 0 radical (unpaired) electrons. The van der Waals surface area contributed by atoms with Gasteiger partial charge in [0, 0.05) is 41.1 Å². The Hall–Kier alpha value is -2.86. The molecule has 1 unspecified atom stereocenters. The lowest BCUT2D eigenvalue weighted by atomic mass is 9.98. The average Bonchev–Trinajstić information content (AvgIpc) is 3.22. The molecule has 6 nitrogen and oxygen atoms in total. The second-order valence-electron chi connectivity index (χ2n) is 5.88. The van der Waals surface area contributed by atoms with Gasteiger partial charge in [0.2, 0.25) is 0 Å². The van der Waals surface area contributed by atoms with Crippen LogP contribution in [0.1, 0.15) is 23.8 Å². The lowest BCUT2D eigenvalue weighted by Crippen LogP contribution is -1.96. The van der Waals surface area contributed by atoms with Gasteiger partial charge in [-0.05, 0) is 30.7 Å². The third-order valence-corrected chi connectivity index (χ3v) is 4.45. The summed E-state index contributed by atoms with van der Waals surface area (Å²) in [6.45, 7) is 0. The molecule has 0 saturated heterocycles. The van der Waals surface area contributed by atoms with E-state index in [9.17, 15) is 5.11 Å². The summed E-state index contributed by atoms with van der Waals surface area (Å²) in [4.78, 5) is 8.38. The van der Waals surface area contributed by atoms with Gasteiger partial charge in [0.05, 0.1) is 20.3 Å². The molecule has 0 bridgehead atoms. The Balaban J connectivity index is 1.87. The summed E-state index contributed by atoms with van der Waals surface area (Å²) in [6.07, 6.45) is 4.23. The van der Waals surface area contributed by atoms with Crippen LogP contribution in [0.3, 0.4) is 0 Å². The molecule has 6 heteroatoms. The first-order valence-electron chi connectivity index (χ1n) is 8.05. The summed E-state index contributed by atoms with van der Waals surface area (Å²) in [5.74, 6) is 2.31. The van der Waals surface area contributed by atoms with E-state index >= 15 is 0 Å². The first-order valence-corrected chi connectivity index (χ1v) is 8.05. The van der Waals surface area contributed by atoms with E-state index in [1.807, 2.05) is 24.3 Å². The number of nitrogens with zero attached hydrogens (tertiary/aromatic N) is 2. The zero-order chi connectivity index (χ0) is 17.4. The second-order valence-corrected chi connectivity index (χ2v) is 5.88. The van der Waals surface area contributed by atoms with Crippen molar-refractivity contribution in [2.24, 2.45) is 0 Å². The number of furan rings is 1. The Morgan fingerprint density at radius 1 is 1.04 bits per heavy atom. The van der Waals surface area contributed by atoms with Gasteiger partial charge in [0.15, 0.2) is 0 Å². The molecule has 0 amide bonds. The number of aliphatic hydroxyl groups excluding tert-OH is 1. The van der Waals surface area contributed by atoms with Crippen molar-refractivity contribution in [3.63, 3.8) is 0 Å². The van der Waals surface area contributed by atoms with Crippen molar-refractivity contribution in [1.29, 1.82) is 0 Å². The van der Waals surface area contributed by atoms with Crippen LogP contribution in [0.15, 0.2) is 41.1 Å². The molecular weight excluding hydrogens is 320 g/mol. The third-order valence-electron chi connectivity index (χ3n) is 4.45. The number of hydrogen-bond donors (Lipinski definition) is 1. The third kappa shape index (κ3) is 2.64. The van der Waals surface area contributed by atoms with E-state index in [4.69, 9.17) is 13.9 Å². The number of fused-ring (bicyclic) bond motifs is 1. The first-order chi connectivity index (χ1) is 12.2. The molecule has 0 aliphatic heterocycles. The van der Waals surface area contributed by atoms with Crippen molar-refractivity contribution in [2.75, 3.05) is 14.2 Å². The molecule has 0 saturated carbocycles. The van der Waals surface area contributed by atoms with E-state index in [1.165, 1.54) is 7.11 Å². The molecule has 1 aliphatic carbocycles. The fraction of sp³-hybridized carbons (Fsp3) is 0.263. The van der Waals surface area contributed by atoms with Crippen molar-refractivity contribution in [3.8, 4) is 34.2 Å². The Morgan fingerprint density at radius 2 is 1.76 bits per heavy atom. The van der Waals surface area contributed by atoms with E-state index in [0.717, 1.165) is 40.2 Å². The first kappa shape index (κ1) is 15.7. The molecule has 3 aromatic rings. The van der Waals surface area contributed by atoms with Gasteiger partial charge >= 0.3 is 6.01 Å². The number of aromatic nitrogens is 2. The average molecular weight is 338 g/mol. The fourth-order valence-corrected chi connectivity index (χ4v) is 3.22. The number of ether oxygens (including phenoxy) is 2. The Morgan fingerprint density at radius 3 is 2.40 bits per heavy atom. The maximum Gasteiger partial charge on any atom is 0.316 e. The van der Waals surface area contributed by atoms with Crippen LogP contribution in [0, 0.1) is 0 Å². The molecule has 0 spiro atoms. The normalized spacial score (nSPS) is 15.9. The van der Waals surface area contributed by atoms with Crippen LogP contribution in [-0.2, 0) is 6.42 Å². The highest BCUT2D eigenvalue weighted by Gasteiger charge is 2.32. The minimum absolute atomic E-state index is 0.301. The number of methoxy groups -OCH3 is 2. The zero-order valence-electron chi connectivity index (χ0n) is 14.0. The van der Waals surface area contributed by atoms with Gasteiger partial charge in [-0.25, -0.2) is 9.97 Å². The van der Waals surface area contributed by atoms with Gasteiger partial charge in [-0.2, -0.15) is 0 Å². The molecule has 2 aromatic heterocycles. The highest BCUT2D eigenvalue weighted by atomic mass is 16.5. The Bertz CT molecular complexity index is 885. The highest BCUT2D eigenvalue weighted by molar-refractivity contribution is 5.83. The zero-order valence-corrected chi connectivity index (χ0v) is 14.0. The smallest absolute Gasteiger partial charge is 0.316 e. The predicted octanol–water partition coefficient (Wildman–Crippen LogP) is 3.40. The molecular formula is C19H18N2O4. The van der Waals surface area contributed by atoms with Crippen LogP contribution in [0.5, 0.6) is 11.8 Å². The van der Waals surface area contributed by atoms with Gasteiger partial charge in [-0.1, -0.05) is 0 Å². The van der Waals surface area contributed by atoms with Crippen molar-refractivity contribution in [3.05, 3.63) is 48.0 Å². The summed E-state index contributed by atoms with van der Waals surface area (Å²) in [5, 5.41) is 10.4. The molecule has 1 aromatic carbocycles. The fourth-order valence-electron chi connectivity index (χ4n) is 3.22. The lowest BCUT2D eigenvalue weighted by molar-refractivity contribution is 0.180. The van der Waals surface area contributed by atoms with Crippen molar-refractivity contribution < 1.29 is 19.0 Å². The van der Waals surface area contributed by atoms with Gasteiger partial charge in [0.25, 0.3) is 0 Å². The molecule has 1 aliphatic rings. The van der Waals surface area contributed by atoms with Crippen molar-refractivity contribution in [1.82, 2.24) is 9.97 Å². The maximum atomic E-state index is 10.4. The van der Waals surface area contributed by atoms with E-state index in [1.54, 1.807) is 19.5 Å². The topological polar surface area (TPSA) is 77.6 Å². The van der Waals surface area contributed by atoms with Crippen LogP contribution in [-0.4, -0.2) is 29.3 Å². The standard InChI is InChI=1S/C19H18N2O4/c1-23-13-5-3-11(4-6-13)18-16(12-9-20-19(24-2)21-10-12)17-14(22)7-8-15(17)25-18/h3-6,9-10,14,22H,7-8H2,1-2H3. The van der Waals surface area contributed by atoms with Gasteiger partial charge in [-0.15, -0.1) is 0 Å². The number of benzene rings is 1. The van der Waals surface area contributed by atoms with Gasteiger partial charge in [-0.3, -0.25) is 0 Å². The number of hydrogen-bond acceptors (Lipinski definition) is 6. The summed E-state index contributed by atoms with van der Waals surface area (Å²) in [6, 6.07) is 7.94. The predicted molar refractivity (Wildman–Crippen MR) is 91.6 cm³/mol. The van der Waals surface area contributed by atoms with E-state index in [0.29, 0.717) is 18.2 Å².